The molecular formula is C12H11FN6O3S. The van der Waals surface area contributed by atoms with Gasteiger partial charge in [-0.2, -0.15) is 0 Å². The third kappa shape index (κ3) is 3.10. The van der Waals surface area contributed by atoms with Crippen LogP contribution >= 0.6 is 0 Å². The minimum atomic E-state index is -3.74. The summed E-state index contributed by atoms with van der Waals surface area (Å²) in [5, 5.41) is 7.49. The standard InChI is InChI=1S/C12H11FN6O3S/c13-8-1-2-10-9(5-8)12(20)19(18-17-10)4-3-16-23(21,22)11-6-14-7-15-11/h1-2,5-7,16H,3-4H2,(H,14,15). The Kier molecular flexibility index (Phi) is 3.88. The van der Waals surface area contributed by atoms with Crippen LogP contribution in [-0.2, 0) is 16.6 Å². The lowest BCUT2D eigenvalue weighted by Gasteiger charge is -2.06. The predicted octanol–water partition coefficient (Wildman–Crippen LogP) is -0.368. The quantitative estimate of drug-likeness (QED) is 0.654. The van der Waals surface area contributed by atoms with Crippen molar-refractivity contribution in [1.82, 2.24) is 29.7 Å². The van der Waals surface area contributed by atoms with Crippen molar-refractivity contribution < 1.29 is 12.8 Å². The summed E-state index contributed by atoms with van der Waals surface area (Å²) in [4.78, 5) is 18.3. The van der Waals surface area contributed by atoms with Gasteiger partial charge >= 0.3 is 0 Å². The molecule has 0 amide bonds. The number of nitrogens with zero attached hydrogens (tertiary/aromatic N) is 4. The van der Waals surface area contributed by atoms with Crippen molar-refractivity contribution in [2.24, 2.45) is 0 Å². The van der Waals surface area contributed by atoms with Gasteiger partial charge in [-0.25, -0.2) is 27.2 Å². The number of aromatic amines is 1. The van der Waals surface area contributed by atoms with E-state index in [1.807, 2.05) is 0 Å². The van der Waals surface area contributed by atoms with Gasteiger partial charge in [-0.05, 0) is 18.2 Å². The Morgan fingerprint density at radius 1 is 1.35 bits per heavy atom. The molecule has 2 N–H and O–H groups in total. The highest BCUT2D eigenvalue weighted by Crippen LogP contribution is 2.07. The van der Waals surface area contributed by atoms with Gasteiger partial charge in [0.1, 0.15) is 11.3 Å². The summed E-state index contributed by atoms with van der Waals surface area (Å²) in [5.74, 6) is -0.561. The Balaban J connectivity index is 1.78. The molecule has 2 aromatic heterocycles. The fourth-order valence-corrected chi connectivity index (χ4v) is 2.87. The van der Waals surface area contributed by atoms with Crippen LogP contribution in [0.1, 0.15) is 0 Å². The number of benzene rings is 1. The van der Waals surface area contributed by atoms with E-state index in [2.05, 4.69) is 25.0 Å². The maximum atomic E-state index is 13.2. The number of fused-ring (bicyclic) bond motifs is 1. The lowest BCUT2D eigenvalue weighted by Crippen LogP contribution is -2.32. The van der Waals surface area contributed by atoms with Crippen LogP contribution in [0.25, 0.3) is 10.9 Å². The molecule has 23 heavy (non-hydrogen) atoms. The molecule has 2 heterocycles. The largest absolute Gasteiger partial charge is 0.335 e. The van der Waals surface area contributed by atoms with Crippen molar-refractivity contribution in [3.05, 3.63) is 46.9 Å². The fourth-order valence-electron chi connectivity index (χ4n) is 1.95. The topological polar surface area (TPSA) is 123 Å². The molecular weight excluding hydrogens is 327 g/mol. The summed E-state index contributed by atoms with van der Waals surface area (Å²) in [5.41, 5.74) is -0.277. The summed E-state index contributed by atoms with van der Waals surface area (Å²) in [7, 11) is -3.74. The van der Waals surface area contributed by atoms with Crippen LogP contribution in [0.2, 0.25) is 0 Å². The molecule has 0 atom stereocenters. The third-order valence-corrected chi connectivity index (χ3v) is 4.45. The highest BCUT2D eigenvalue weighted by Gasteiger charge is 2.15. The molecule has 0 aliphatic heterocycles. The van der Waals surface area contributed by atoms with Gasteiger partial charge in [0.25, 0.3) is 15.6 Å². The highest BCUT2D eigenvalue weighted by molar-refractivity contribution is 7.89. The van der Waals surface area contributed by atoms with Crippen molar-refractivity contribution in [2.75, 3.05) is 6.54 Å². The van der Waals surface area contributed by atoms with Crippen LogP contribution in [0.5, 0.6) is 0 Å². The average Bonchev–Trinajstić information content (AvgIpc) is 3.05. The first-order valence-corrected chi connectivity index (χ1v) is 7.97. The number of rotatable bonds is 5. The van der Waals surface area contributed by atoms with Gasteiger partial charge in [-0.3, -0.25) is 4.79 Å². The Hall–Kier alpha value is -2.66. The maximum absolute atomic E-state index is 13.2. The number of nitrogens with one attached hydrogen (secondary N) is 2. The van der Waals surface area contributed by atoms with E-state index in [0.717, 1.165) is 16.9 Å². The molecule has 0 saturated carbocycles. The smallest absolute Gasteiger partial charge is 0.277 e. The number of imidazole rings is 1. The molecule has 0 aliphatic carbocycles. The zero-order valence-electron chi connectivity index (χ0n) is 11.6. The molecule has 3 aromatic rings. The molecule has 0 spiro atoms. The number of hydrogen-bond acceptors (Lipinski definition) is 6. The molecule has 0 radical (unpaired) electrons. The van der Waals surface area contributed by atoms with E-state index in [-0.39, 0.29) is 29.0 Å². The van der Waals surface area contributed by atoms with E-state index in [0.29, 0.717) is 0 Å². The molecule has 0 saturated heterocycles. The first-order valence-electron chi connectivity index (χ1n) is 6.48. The number of aromatic nitrogens is 5. The van der Waals surface area contributed by atoms with E-state index in [9.17, 15) is 17.6 Å². The average molecular weight is 338 g/mol. The zero-order valence-corrected chi connectivity index (χ0v) is 12.4. The fraction of sp³-hybridized carbons (Fsp3) is 0.167. The van der Waals surface area contributed by atoms with Crippen LogP contribution in [0.4, 0.5) is 4.39 Å². The van der Waals surface area contributed by atoms with Crippen LogP contribution in [0.15, 0.2) is 40.5 Å². The van der Waals surface area contributed by atoms with Gasteiger partial charge in [-0.15, -0.1) is 5.10 Å². The normalized spacial score (nSPS) is 11.9. The lowest BCUT2D eigenvalue weighted by atomic mass is 10.2. The minimum absolute atomic E-state index is 0.0499. The molecule has 0 fully saturated rings. The molecule has 0 unspecified atom stereocenters. The number of hydrogen-bond donors (Lipinski definition) is 2. The van der Waals surface area contributed by atoms with Crippen LogP contribution < -0.4 is 10.3 Å². The number of H-pyrrole nitrogens is 1. The van der Waals surface area contributed by atoms with Gasteiger partial charge < -0.3 is 4.98 Å². The molecule has 0 aliphatic rings. The monoisotopic (exact) mass is 338 g/mol. The van der Waals surface area contributed by atoms with Gasteiger partial charge in [0.05, 0.1) is 24.5 Å². The Labute approximate surface area is 129 Å². The first-order chi connectivity index (χ1) is 11.0. The van der Waals surface area contributed by atoms with Crippen molar-refractivity contribution in [1.29, 1.82) is 0 Å². The summed E-state index contributed by atoms with van der Waals surface area (Å²) in [6.45, 7) is -0.136. The van der Waals surface area contributed by atoms with Gasteiger partial charge in [0.2, 0.25) is 0 Å². The Bertz CT molecular complexity index is 999. The zero-order chi connectivity index (χ0) is 16.4. The summed E-state index contributed by atoms with van der Waals surface area (Å²) < 4.78 is 40.2. The maximum Gasteiger partial charge on any atom is 0.277 e. The van der Waals surface area contributed by atoms with Gasteiger partial charge in [0, 0.05) is 6.54 Å². The second-order valence-electron chi connectivity index (χ2n) is 4.59. The SMILES string of the molecule is O=c1c2cc(F)ccc2nnn1CCNS(=O)(=O)c1cnc[nH]1. The van der Waals surface area contributed by atoms with Crippen molar-refractivity contribution >= 4 is 20.9 Å². The summed E-state index contributed by atoms with van der Waals surface area (Å²) in [6.07, 6.45) is 2.40. The number of halogens is 1. The summed E-state index contributed by atoms with van der Waals surface area (Å²) in [6, 6.07) is 3.60. The van der Waals surface area contributed by atoms with Crippen molar-refractivity contribution in [3.63, 3.8) is 0 Å². The van der Waals surface area contributed by atoms with Gasteiger partial charge in [0.15, 0.2) is 5.03 Å². The number of sulfonamides is 1. The second-order valence-corrected chi connectivity index (χ2v) is 6.33. The molecule has 0 bridgehead atoms. The van der Waals surface area contributed by atoms with Crippen molar-refractivity contribution in [3.8, 4) is 0 Å². The lowest BCUT2D eigenvalue weighted by molar-refractivity contribution is 0.530. The Morgan fingerprint density at radius 3 is 2.91 bits per heavy atom. The molecule has 9 nitrogen and oxygen atoms in total. The van der Waals surface area contributed by atoms with Crippen molar-refractivity contribution in [2.45, 2.75) is 11.6 Å². The van der Waals surface area contributed by atoms with Crippen LogP contribution in [0.3, 0.4) is 0 Å². The highest BCUT2D eigenvalue weighted by atomic mass is 32.2. The molecule has 11 heteroatoms. The van der Waals surface area contributed by atoms with Gasteiger partial charge in [-0.1, -0.05) is 5.21 Å². The minimum Gasteiger partial charge on any atom is -0.335 e. The van der Waals surface area contributed by atoms with E-state index in [1.54, 1.807) is 0 Å². The van der Waals surface area contributed by atoms with E-state index >= 15 is 0 Å². The van der Waals surface area contributed by atoms with Crippen LogP contribution in [-0.4, -0.2) is 39.9 Å². The molecule has 3 rings (SSSR count). The summed E-state index contributed by atoms with van der Waals surface area (Å²) >= 11 is 0. The predicted molar refractivity (Wildman–Crippen MR) is 77.5 cm³/mol. The van der Waals surface area contributed by atoms with E-state index < -0.39 is 21.4 Å². The van der Waals surface area contributed by atoms with Crippen LogP contribution in [0, 0.1) is 5.82 Å². The van der Waals surface area contributed by atoms with E-state index in [4.69, 9.17) is 0 Å². The molecule has 120 valence electrons. The Morgan fingerprint density at radius 2 is 2.17 bits per heavy atom. The first kappa shape index (κ1) is 15.2. The van der Waals surface area contributed by atoms with E-state index in [1.165, 1.54) is 18.5 Å². The third-order valence-electron chi connectivity index (χ3n) is 3.06. The second kappa shape index (κ2) is 5.85. The molecule has 1 aromatic carbocycles.